The van der Waals surface area contributed by atoms with Gasteiger partial charge in [0, 0.05) is 0 Å². The molecule has 0 amide bonds. The second kappa shape index (κ2) is 25.9. The fourth-order valence-electron chi connectivity index (χ4n) is 3.46. The van der Waals surface area contributed by atoms with Crippen molar-refractivity contribution in [2.75, 3.05) is 27.2 Å². The molecule has 0 radical (unpaired) electrons. The molecule has 0 unspecified atom stereocenters. The Bertz CT molecular complexity index is 286. The number of hydrogen-bond acceptors (Lipinski definition) is 3. The van der Waals surface area contributed by atoms with Crippen LogP contribution in [0.3, 0.4) is 0 Å². The first-order valence-electron chi connectivity index (χ1n) is 11.6. The molecular formula is C23H48KNO3. The van der Waals surface area contributed by atoms with Crippen molar-refractivity contribution in [1.29, 1.82) is 0 Å². The Labute approximate surface area is 218 Å². The van der Waals surface area contributed by atoms with Crippen LogP contribution < -0.4 is 61.6 Å². The summed E-state index contributed by atoms with van der Waals surface area (Å²) in [5.74, 6) is 0. The van der Waals surface area contributed by atoms with Gasteiger partial charge in [-0.3, -0.25) is 0 Å². The van der Waals surface area contributed by atoms with E-state index in [1.165, 1.54) is 120 Å². The minimum Gasteiger partial charge on any atom is -0.652 e. The van der Waals surface area contributed by atoms with Gasteiger partial charge in [-0.2, -0.15) is 0 Å². The Morgan fingerprint density at radius 1 is 0.571 bits per heavy atom. The van der Waals surface area contributed by atoms with Gasteiger partial charge in [-0.15, -0.1) is 0 Å². The summed E-state index contributed by atoms with van der Waals surface area (Å²) in [6.07, 6.45) is 20.7. The van der Waals surface area contributed by atoms with Crippen LogP contribution in [0.15, 0.2) is 0 Å². The van der Waals surface area contributed by atoms with E-state index in [9.17, 15) is 0 Å². The Hall–Kier alpha value is 0.866. The number of quaternary nitrogens is 1. The zero-order valence-electron chi connectivity index (χ0n) is 19.9. The van der Waals surface area contributed by atoms with Crippen molar-refractivity contribution in [3.05, 3.63) is 0 Å². The molecule has 0 spiro atoms. The predicted molar refractivity (Wildman–Crippen MR) is 112 cm³/mol. The molecule has 0 aliphatic carbocycles. The molecule has 5 heteroatoms. The van der Waals surface area contributed by atoms with E-state index in [0.717, 1.165) is 0 Å². The Kier molecular flexibility index (Phi) is 31.0. The van der Waals surface area contributed by atoms with Crippen molar-refractivity contribution >= 4 is 6.16 Å². The summed E-state index contributed by atoms with van der Waals surface area (Å²) in [7, 11) is 4.87. The number of carboxylic acid groups (broad SMARTS) is 2. The smallest absolute Gasteiger partial charge is 0.652 e. The van der Waals surface area contributed by atoms with Crippen LogP contribution in [0.5, 0.6) is 0 Å². The number of rotatable bonds is 18. The zero-order valence-corrected chi connectivity index (χ0v) is 23.0. The van der Waals surface area contributed by atoms with Crippen molar-refractivity contribution in [1.82, 2.24) is 0 Å². The van der Waals surface area contributed by atoms with E-state index in [4.69, 9.17) is 15.0 Å². The molecule has 0 atom stereocenters. The van der Waals surface area contributed by atoms with E-state index in [2.05, 4.69) is 27.9 Å². The largest absolute Gasteiger partial charge is 1.00 e. The van der Waals surface area contributed by atoms with Crippen molar-refractivity contribution in [3.63, 3.8) is 0 Å². The van der Waals surface area contributed by atoms with Crippen LogP contribution in [0.2, 0.25) is 0 Å². The summed E-state index contributed by atoms with van der Waals surface area (Å²) in [5.41, 5.74) is 0. The van der Waals surface area contributed by atoms with Gasteiger partial charge in [0.25, 0.3) is 0 Å². The second-order valence-corrected chi connectivity index (χ2v) is 8.58. The van der Waals surface area contributed by atoms with Crippen molar-refractivity contribution < 1.29 is 70.9 Å². The first kappa shape index (κ1) is 33.5. The summed E-state index contributed by atoms with van der Waals surface area (Å²) in [4.78, 5) is 8.33. The molecule has 0 aliphatic heterocycles. The average Bonchev–Trinajstić information content (AvgIpc) is 2.59. The van der Waals surface area contributed by atoms with E-state index in [0.29, 0.717) is 0 Å². The molecule has 0 rings (SSSR count). The second-order valence-electron chi connectivity index (χ2n) is 8.58. The molecule has 0 saturated carbocycles. The van der Waals surface area contributed by atoms with Gasteiger partial charge in [0.05, 0.1) is 27.2 Å². The van der Waals surface area contributed by atoms with Gasteiger partial charge in [-0.25, -0.2) is 0 Å². The van der Waals surface area contributed by atoms with E-state index in [1.54, 1.807) is 0 Å². The van der Waals surface area contributed by atoms with Crippen LogP contribution in [0.25, 0.3) is 0 Å². The van der Waals surface area contributed by atoms with E-state index in [1.807, 2.05) is 0 Å². The topological polar surface area (TPSA) is 63.2 Å². The average molecular weight is 426 g/mol. The van der Waals surface area contributed by atoms with Crippen molar-refractivity contribution in [3.8, 4) is 0 Å². The quantitative estimate of drug-likeness (QED) is 0.191. The Morgan fingerprint density at radius 3 is 1.04 bits per heavy atom. The molecule has 0 aliphatic rings. The number of carbonyl (C=O) groups is 1. The van der Waals surface area contributed by atoms with Crippen molar-refractivity contribution in [2.45, 2.75) is 117 Å². The third-order valence-corrected chi connectivity index (χ3v) is 5.23. The minimum atomic E-state index is -2.33. The third-order valence-electron chi connectivity index (χ3n) is 5.23. The zero-order chi connectivity index (χ0) is 20.8. The molecule has 0 bridgehead atoms. The van der Waals surface area contributed by atoms with Crippen LogP contribution in [0, 0.1) is 0 Å². The fourth-order valence-corrected chi connectivity index (χ4v) is 3.46. The van der Waals surface area contributed by atoms with E-state index >= 15 is 0 Å². The summed E-state index contributed by atoms with van der Waals surface area (Å²) < 4.78 is 1.24. The van der Waals surface area contributed by atoms with Crippen LogP contribution in [0.4, 0.5) is 4.79 Å². The predicted octanol–water partition coefficient (Wildman–Crippen LogP) is 1.90. The molecule has 28 heavy (non-hydrogen) atoms. The monoisotopic (exact) mass is 425 g/mol. The van der Waals surface area contributed by atoms with Crippen molar-refractivity contribution in [2.24, 2.45) is 0 Å². The first-order valence-corrected chi connectivity index (χ1v) is 11.6. The molecule has 0 fully saturated rings. The minimum absolute atomic E-state index is 0. The maximum atomic E-state index is 8.33. The maximum absolute atomic E-state index is 8.33. The number of carbonyl (C=O) groups excluding carboxylic acids is 1. The third kappa shape index (κ3) is 34.4. The van der Waals surface area contributed by atoms with Gasteiger partial charge in [0.2, 0.25) is 0 Å². The number of hydrogen-bond donors (Lipinski definition) is 0. The molecule has 0 aromatic heterocycles. The van der Waals surface area contributed by atoms with Crippen LogP contribution in [-0.2, 0) is 0 Å². The molecule has 0 aromatic carbocycles. The van der Waals surface area contributed by atoms with E-state index < -0.39 is 6.16 Å². The van der Waals surface area contributed by atoms with Gasteiger partial charge >= 0.3 is 51.4 Å². The first-order chi connectivity index (χ1) is 12.9. The van der Waals surface area contributed by atoms with E-state index in [-0.39, 0.29) is 51.4 Å². The fraction of sp³-hybridized carbons (Fsp3) is 0.957. The Balaban J connectivity index is -0.00000113. The summed E-state index contributed by atoms with van der Waals surface area (Å²) >= 11 is 0. The van der Waals surface area contributed by atoms with Gasteiger partial charge in [0.15, 0.2) is 0 Å². The Morgan fingerprint density at radius 2 is 0.786 bits per heavy atom. The number of unbranched alkanes of at least 4 members (excludes halogenated alkanes) is 14. The molecule has 0 saturated heterocycles. The van der Waals surface area contributed by atoms with Gasteiger partial charge < -0.3 is 19.5 Å². The molecule has 0 aromatic rings. The molecular weight excluding hydrogens is 377 g/mol. The number of nitrogens with zero attached hydrogens (tertiary/aromatic N) is 1. The molecule has 164 valence electrons. The summed E-state index contributed by atoms with van der Waals surface area (Å²) in [6, 6.07) is 0. The van der Waals surface area contributed by atoms with Gasteiger partial charge in [-0.1, -0.05) is 90.9 Å². The standard InChI is InChI=1S/C22H48N.CH2O3.K/c1-5-7-9-11-13-15-17-19-21-23(3,4)22-20-18-16-14-12-10-8-6-2;2-1(3)4;/h5-22H2,1-4H3;(H2,2,3,4);/q+1;;+1/p-2. The van der Waals surface area contributed by atoms with Gasteiger partial charge in [-0.05, 0) is 31.8 Å². The normalized spacial score (nSPS) is 10.7. The summed E-state index contributed by atoms with van der Waals surface area (Å²) in [6.45, 7) is 7.36. The maximum Gasteiger partial charge on any atom is 1.00 e. The molecule has 0 heterocycles. The molecule has 4 nitrogen and oxygen atoms in total. The van der Waals surface area contributed by atoms with Crippen LogP contribution in [-0.4, -0.2) is 37.8 Å². The van der Waals surface area contributed by atoms with Crippen LogP contribution >= 0.6 is 0 Å². The van der Waals surface area contributed by atoms with Gasteiger partial charge in [0.1, 0.15) is 0 Å². The summed E-state index contributed by atoms with van der Waals surface area (Å²) in [5, 5.41) is 16.7. The SMILES string of the molecule is CCCCCCCCCC[N+](C)(C)CCCCCCCCCC.O=C([O-])[O-].[K+]. The molecule has 0 N–H and O–H groups in total. The van der Waals surface area contributed by atoms with Crippen LogP contribution in [0.1, 0.15) is 117 Å².